The number of carbonyl (C=O) groups excluding carboxylic acids is 7. The number of phenols is 1. The van der Waals surface area contributed by atoms with Crippen LogP contribution in [0.5, 0.6) is 17.2 Å². The molecule has 0 spiro atoms. The van der Waals surface area contributed by atoms with Crippen molar-refractivity contribution in [2.75, 3.05) is 18.5 Å². The molecule has 2 aromatic rings. The second kappa shape index (κ2) is 16.8. The molecule has 0 bridgehead atoms. The molecular formula is C47H50F2N4O14. The third kappa shape index (κ3) is 7.45. The number of benzene rings is 2. The van der Waals surface area contributed by atoms with Gasteiger partial charge in [-0.3, -0.25) is 38.5 Å². The molecule has 0 unspecified atom stereocenters. The van der Waals surface area contributed by atoms with Gasteiger partial charge < -0.3 is 50.6 Å². The molecule has 8 rings (SSSR count). The van der Waals surface area contributed by atoms with E-state index in [-0.39, 0.29) is 35.6 Å². The molecular weight excluding hydrogens is 883 g/mol. The number of amides is 5. The number of imide groups is 1. The normalized spacial score (nSPS) is 34.6. The average Bonchev–Trinajstić information content (AvgIpc) is 3.85. The van der Waals surface area contributed by atoms with E-state index in [2.05, 4.69) is 16.0 Å². The fraction of sp³-hybridized carbons (Fsp3) is 0.468. The van der Waals surface area contributed by atoms with Crippen LogP contribution in [-0.4, -0.2) is 121 Å². The summed E-state index contributed by atoms with van der Waals surface area (Å²) in [7, 11) is 0. The summed E-state index contributed by atoms with van der Waals surface area (Å²) in [6, 6.07) is 7.85. The Bertz CT molecular complexity index is 2530. The predicted octanol–water partition coefficient (Wildman–Crippen LogP) is 2.41. The van der Waals surface area contributed by atoms with E-state index in [9.17, 15) is 54.0 Å². The van der Waals surface area contributed by atoms with Crippen molar-refractivity contribution in [3.8, 4) is 17.2 Å². The zero-order valence-electron chi connectivity index (χ0n) is 36.8. The third-order valence-corrected chi connectivity index (χ3v) is 14.6. The molecule has 2 aromatic carbocycles. The van der Waals surface area contributed by atoms with Crippen molar-refractivity contribution in [1.82, 2.24) is 15.5 Å². The van der Waals surface area contributed by atoms with Crippen LogP contribution in [0.4, 0.5) is 14.5 Å². The van der Waals surface area contributed by atoms with Crippen molar-refractivity contribution in [1.29, 1.82) is 0 Å². The lowest BCUT2D eigenvalue weighted by molar-refractivity contribution is -0.236. The lowest BCUT2D eigenvalue weighted by atomic mass is 9.44. The molecule has 3 saturated carbocycles. The van der Waals surface area contributed by atoms with Crippen LogP contribution in [0.2, 0.25) is 0 Å². The van der Waals surface area contributed by atoms with Crippen molar-refractivity contribution in [2.45, 2.75) is 101 Å². The van der Waals surface area contributed by atoms with Gasteiger partial charge in [-0.1, -0.05) is 13.0 Å². The van der Waals surface area contributed by atoms with Crippen molar-refractivity contribution >= 4 is 46.8 Å². The van der Waals surface area contributed by atoms with Crippen molar-refractivity contribution in [3.63, 3.8) is 0 Å². The summed E-state index contributed by atoms with van der Waals surface area (Å²) in [5.41, 5.74) is -7.93. The Morgan fingerprint density at radius 2 is 1.60 bits per heavy atom. The third-order valence-electron chi connectivity index (χ3n) is 14.6. The molecule has 5 amide bonds. The molecule has 2 heterocycles. The number of anilines is 1. The Morgan fingerprint density at radius 1 is 0.925 bits per heavy atom. The summed E-state index contributed by atoms with van der Waals surface area (Å²) in [6.07, 6.45) is -1.12. The maximum atomic E-state index is 17.8. The van der Waals surface area contributed by atoms with Crippen LogP contribution in [0.3, 0.4) is 0 Å². The van der Waals surface area contributed by atoms with Gasteiger partial charge in [-0.25, -0.2) is 8.78 Å². The van der Waals surface area contributed by atoms with E-state index in [1.165, 1.54) is 76.2 Å². The molecule has 20 heteroatoms. The summed E-state index contributed by atoms with van der Waals surface area (Å²) in [6.45, 7) is 4.48. The Kier molecular flexibility index (Phi) is 11.9. The van der Waals surface area contributed by atoms with Gasteiger partial charge in [0.2, 0.25) is 23.5 Å². The van der Waals surface area contributed by atoms with Crippen molar-refractivity contribution < 1.29 is 77.0 Å². The topological polar surface area (TPSA) is 267 Å². The average molecular weight is 933 g/mol. The van der Waals surface area contributed by atoms with Gasteiger partial charge in [0, 0.05) is 59.5 Å². The first-order chi connectivity index (χ1) is 31.5. The second-order valence-electron chi connectivity index (χ2n) is 18.5. The zero-order chi connectivity index (χ0) is 48.6. The molecule has 4 aliphatic carbocycles. The SMILES string of the molecule is C[C@H](NC(=O)CCN1C(=O)C=CC1=O)C(=O)N[C@@H](C)C(=O)Nc1ccc(Oc2ccc([C@H]3O[C@]4(C(=O)CO)[C@@](O)(C[C@H]5[C@@H]6C[C@H](F)C7=CC(=O)C=C[C@]7(C)[C@@]6(F)[C@@H](O)C[C@@]54C)O3)cc2O)cc1. The van der Waals surface area contributed by atoms with Gasteiger partial charge in [0.15, 0.2) is 40.6 Å². The molecule has 6 aliphatic rings. The van der Waals surface area contributed by atoms with Gasteiger partial charge in [-0.15, -0.1) is 0 Å². The fourth-order valence-electron chi connectivity index (χ4n) is 11.2. The van der Waals surface area contributed by atoms with Gasteiger partial charge in [0.25, 0.3) is 11.8 Å². The molecule has 7 N–H and O–H groups in total. The lowest BCUT2D eigenvalue weighted by Gasteiger charge is -2.63. The van der Waals surface area contributed by atoms with Crippen molar-refractivity contribution in [2.24, 2.45) is 22.7 Å². The van der Waals surface area contributed by atoms with E-state index < -0.39 is 143 Å². The van der Waals surface area contributed by atoms with Crippen LogP contribution < -0.4 is 20.7 Å². The highest BCUT2D eigenvalue weighted by molar-refractivity contribution is 6.13. The van der Waals surface area contributed by atoms with Gasteiger partial charge in [0.1, 0.15) is 30.6 Å². The maximum absolute atomic E-state index is 17.8. The number of aliphatic hydroxyl groups excluding tert-OH is 2. The number of hydrogen-bond acceptors (Lipinski definition) is 14. The molecule has 67 heavy (non-hydrogen) atoms. The summed E-state index contributed by atoms with van der Waals surface area (Å²) >= 11 is 0. The first kappa shape index (κ1) is 47.3. The minimum atomic E-state index is -2.53. The van der Waals surface area contributed by atoms with Gasteiger partial charge in [0.05, 0.1) is 6.10 Å². The number of nitrogens with zero attached hydrogens (tertiary/aromatic N) is 1. The number of halogens is 2. The largest absolute Gasteiger partial charge is 0.504 e. The monoisotopic (exact) mass is 932 g/mol. The number of aliphatic hydroxyl groups is 3. The first-order valence-electron chi connectivity index (χ1n) is 21.8. The Balaban J connectivity index is 0.898. The number of hydrogen-bond donors (Lipinski definition) is 7. The van der Waals surface area contributed by atoms with Crippen LogP contribution in [0.1, 0.15) is 65.2 Å². The minimum Gasteiger partial charge on any atom is -0.504 e. The maximum Gasteiger partial charge on any atom is 0.253 e. The van der Waals surface area contributed by atoms with Gasteiger partial charge >= 0.3 is 0 Å². The number of rotatable bonds is 13. The second-order valence-corrected chi connectivity index (χ2v) is 18.5. The summed E-state index contributed by atoms with van der Waals surface area (Å²) < 4.78 is 52.1. The quantitative estimate of drug-likeness (QED) is 0.142. The van der Waals surface area contributed by atoms with Crippen LogP contribution >= 0.6 is 0 Å². The zero-order valence-corrected chi connectivity index (χ0v) is 36.8. The number of phenolic OH excluding ortho intramolecular Hbond substituents is 1. The Labute approximate surface area is 382 Å². The molecule has 2 aliphatic heterocycles. The molecule has 4 fully saturated rings. The van der Waals surface area contributed by atoms with E-state index in [0.29, 0.717) is 5.69 Å². The molecule has 12 atom stereocenters. The number of fused-ring (bicyclic) bond motifs is 7. The van der Waals surface area contributed by atoms with E-state index in [4.69, 9.17) is 14.2 Å². The molecule has 0 radical (unpaired) electrons. The van der Waals surface area contributed by atoms with Gasteiger partial charge in [-0.2, -0.15) is 0 Å². The number of Topliss-reactive ketones (excluding diaryl/α,β-unsaturated/α-hetero) is 1. The van der Waals surface area contributed by atoms with E-state index in [1.807, 2.05) is 0 Å². The van der Waals surface area contributed by atoms with Crippen molar-refractivity contribution in [3.05, 3.63) is 84.0 Å². The number of ketones is 2. The number of ether oxygens (including phenoxy) is 3. The number of nitrogens with one attached hydrogen (secondary N) is 3. The van der Waals surface area contributed by atoms with E-state index in [1.54, 1.807) is 0 Å². The summed E-state index contributed by atoms with van der Waals surface area (Å²) in [5, 5.41) is 53.1. The predicted molar refractivity (Wildman–Crippen MR) is 228 cm³/mol. The smallest absolute Gasteiger partial charge is 0.253 e. The molecule has 18 nitrogen and oxygen atoms in total. The van der Waals surface area contributed by atoms with Crippen LogP contribution in [-0.2, 0) is 43.0 Å². The highest BCUT2D eigenvalue weighted by Gasteiger charge is 2.84. The van der Waals surface area contributed by atoms with Crippen LogP contribution in [0.15, 0.2) is 78.4 Å². The van der Waals surface area contributed by atoms with E-state index in [0.717, 1.165) is 29.2 Å². The number of alkyl halides is 2. The number of allylic oxidation sites excluding steroid dienone is 4. The Morgan fingerprint density at radius 3 is 2.25 bits per heavy atom. The standard InChI is InChI=1S/C47H50F2N4O14/c1-23(50-37(59)14-16-53-38(60)11-12-39(53)61)40(62)51-24(2)41(63)52-26-6-8-28(9-7-26)65-34-10-5-25(17-33(34)56)42-66-45(64)20-31-29-19-32(48)30-18-27(55)13-15-43(30,3)46(29,49)35(57)21-44(31,4)47(45,67-42)36(58)22-54/h5-13,15,17-18,23-24,29,31-32,35,42,54,56-57,64H,14,16,19-22H2,1-4H3,(H,50,59)(H,51,62)(H,52,63)/t23-,24-,29-,31-,32-,35-,42+,43-,44-,45+,46-,47-/m0/s1. The van der Waals surface area contributed by atoms with Crippen LogP contribution in [0.25, 0.3) is 0 Å². The number of aromatic hydroxyl groups is 1. The highest BCUT2D eigenvalue weighted by Crippen LogP contribution is 2.74. The minimum absolute atomic E-state index is 0.0497. The lowest BCUT2D eigenvalue weighted by Crippen LogP contribution is -2.71. The molecule has 356 valence electrons. The molecule has 0 aromatic heterocycles. The summed E-state index contributed by atoms with van der Waals surface area (Å²) in [5.74, 6) is -9.52. The molecule has 1 saturated heterocycles. The first-order valence-corrected chi connectivity index (χ1v) is 21.8. The number of carbonyl (C=O) groups is 7. The summed E-state index contributed by atoms with van der Waals surface area (Å²) in [4.78, 5) is 88.3. The van der Waals surface area contributed by atoms with Gasteiger partial charge in [-0.05, 0) is 99.7 Å². The highest BCUT2D eigenvalue weighted by atomic mass is 19.1. The Hall–Kier alpha value is -6.19. The van der Waals surface area contributed by atoms with E-state index >= 15 is 8.78 Å². The van der Waals surface area contributed by atoms with Crippen LogP contribution in [0, 0.1) is 22.7 Å². The fourth-order valence-corrected chi connectivity index (χ4v) is 11.2.